The lowest BCUT2D eigenvalue weighted by Crippen LogP contribution is -2.35. The summed E-state index contributed by atoms with van der Waals surface area (Å²) in [7, 11) is 1.62. The fraction of sp³-hybridized carbons (Fsp3) is 0.564. The number of aliphatic hydroxyl groups is 2. The fourth-order valence-electron chi connectivity index (χ4n) is 5.48. The van der Waals surface area contributed by atoms with E-state index in [9.17, 15) is 15.0 Å². The van der Waals surface area contributed by atoms with Gasteiger partial charge in [0.2, 0.25) is 0 Å². The molecule has 0 saturated carbocycles. The number of benzene rings is 2. The summed E-state index contributed by atoms with van der Waals surface area (Å²) < 4.78 is 23.2. The van der Waals surface area contributed by atoms with Crippen LogP contribution in [0, 0.1) is 25.7 Å². The molecule has 0 saturated heterocycles. The van der Waals surface area contributed by atoms with Crippen LogP contribution in [0.4, 0.5) is 0 Å². The molecular formula is C39H58O7. The Morgan fingerprint density at radius 3 is 2.20 bits per heavy atom. The SMILES string of the molecule is C=CCOC(=O)[C@@H](C)[C@@H](OCc1ccc(OC)cc1)[C@H](C)CC[C@H](O)C[C@@H](O)C[C@H](CC/C(C)=C/C)OCc1ccc(C)c(C)c1. The standard InChI is InChI=1S/C39H58O7/c1-9-21-44-39(42)31(7)38(46-25-32-15-19-36(43-8)20-16-32)29(5)13-17-34(40)23-35(41)24-37(18-11-27(3)10-2)45-26-33-14-12-28(4)30(6)22-33/h9-10,12,14-16,19-20,22,29,31,34-35,37-38,40-41H,1,11,13,17-18,21,23-26H2,2-8H3/b27-10+/t29-,31+,34+,35-,37+,38+/m1/s1. The summed E-state index contributed by atoms with van der Waals surface area (Å²) in [6.07, 6.45) is 5.21. The molecule has 0 aliphatic heterocycles. The van der Waals surface area contributed by atoms with Crippen LogP contribution >= 0.6 is 0 Å². The van der Waals surface area contributed by atoms with Gasteiger partial charge in [-0.05, 0) is 113 Å². The van der Waals surface area contributed by atoms with Gasteiger partial charge in [0, 0.05) is 0 Å². The zero-order valence-electron chi connectivity index (χ0n) is 29.2. The topological polar surface area (TPSA) is 94.5 Å². The van der Waals surface area contributed by atoms with Gasteiger partial charge >= 0.3 is 5.97 Å². The molecule has 46 heavy (non-hydrogen) atoms. The summed E-state index contributed by atoms with van der Waals surface area (Å²) in [5, 5.41) is 21.9. The van der Waals surface area contributed by atoms with Crippen LogP contribution in [0.15, 0.2) is 66.8 Å². The number of aliphatic hydroxyl groups excluding tert-OH is 2. The molecule has 2 aromatic rings. The van der Waals surface area contributed by atoms with E-state index in [0.29, 0.717) is 32.5 Å². The van der Waals surface area contributed by atoms with E-state index in [1.807, 2.05) is 45.0 Å². The van der Waals surface area contributed by atoms with E-state index in [4.69, 9.17) is 18.9 Å². The number of hydrogen-bond acceptors (Lipinski definition) is 7. The maximum absolute atomic E-state index is 12.8. The normalized spacial score (nSPS) is 15.8. The van der Waals surface area contributed by atoms with Crippen molar-refractivity contribution in [3.63, 3.8) is 0 Å². The van der Waals surface area contributed by atoms with Crippen molar-refractivity contribution in [2.75, 3.05) is 13.7 Å². The molecule has 0 aliphatic rings. The van der Waals surface area contributed by atoms with Crippen LogP contribution in [-0.4, -0.2) is 54.3 Å². The highest BCUT2D eigenvalue weighted by molar-refractivity contribution is 5.72. The highest BCUT2D eigenvalue weighted by atomic mass is 16.5. The summed E-state index contributed by atoms with van der Waals surface area (Å²) in [5.41, 5.74) is 5.85. The molecular weight excluding hydrogens is 580 g/mol. The quantitative estimate of drug-likeness (QED) is 0.100. The monoisotopic (exact) mass is 638 g/mol. The van der Waals surface area contributed by atoms with Crippen molar-refractivity contribution in [2.24, 2.45) is 11.8 Å². The van der Waals surface area contributed by atoms with Gasteiger partial charge in [0.15, 0.2) is 0 Å². The van der Waals surface area contributed by atoms with Crippen LogP contribution in [-0.2, 0) is 32.2 Å². The number of rotatable bonds is 22. The Morgan fingerprint density at radius 2 is 1.57 bits per heavy atom. The van der Waals surface area contributed by atoms with E-state index in [1.165, 1.54) is 16.7 Å². The summed E-state index contributed by atoms with van der Waals surface area (Å²) in [6, 6.07) is 14.0. The van der Waals surface area contributed by atoms with E-state index < -0.39 is 24.2 Å². The largest absolute Gasteiger partial charge is 0.497 e. The van der Waals surface area contributed by atoms with E-state index in [0.717, 1.165) is 29.7 Å². The average Bonchev–Trinajstić information content (AvgIpc) is 3.05. The van der Waals surface area contributed by atoms with Crippen LogP contribution < -0.4 is 4.74 Å². The highest BCUT2D eigenvalue weighted by Crippen LogP contribution is 2.26. The Hall–Kier alpha value is -2.97. The maximum atomic E-state index is 12.8. The Labute approximate surface area is 277 Å². The summed E-state index contributed by atoms with van der Waals surface area (Å²) in [5.74, 6) is -0.137. The first-order chi connectivity index (χ1) is 22.0. The molecule has 7 heteroatoms. The van der Waals surface area contributed by atoms with Crippen molar-refractivity contribution in [1.29, 1.82) is 0 Å². The summed E-state index contributed by atoms with van der Waals surface area (Å²) in [6.45, 7) is 16.8. The van der Waals surface area contributed by atoms with Crippen molar-refractivity contribution in [3.05, 3.63) is 89.0 Å². The third-order valence-electron chi connectivity index (χ3n) is 8.82. The van der Waals surface area contributed by atoms with E-state index in [-0.39, 0.29) is 31.0 Å². The molecule has 0 amide bonds. The van der Waals surface area contributed by atoms with Crippen LogP contribution in [0.5, 0.6) is 5.75 Å². The number of methoxy groups -OCH3 is 1. The molecule has 0 spiro atoms. The Kier molecular flexibility index (Phi) is 17.9. The van der Waals surface area contributed by atoms with Gasteiger partial charge in [0.05, 0.1) is 50.7 Å². The second-order valence-corrected chi connectivity index (χ2v) is 12.7. The molecule has 0 heterocycles. The minimum Gasteiger partial charge on any atom is -0.497 e. The molecule has 0 radical (unpaired) electrons. The molecule has 7 nitrogen and oxygen atoms in total. The van der Waals surface area contributed by atoms with Gasteiger partial charge in [-0.25, -0.2) is 0 Å². The number of carbonyl (C=O) groups is 1. The number of ether oxygens (including phenoxy) is 4. The predicted molar refractivity (Wildman–Crippen MR) is 185 cm³/mol. The van der Waals surface area contributed by atoms with E-state index in [2.05, 4.69) is 51.6 Å². The number of hydrogen-bond donors (Lipinski definition) is 2. The molecule has 0 unspecified atom stereocenters. The second kappa shape index (κ2) is 21.0. The minimum atomic E-state index is -0.698. The van der Waals surface area contributed by atoms with Crippen molar-refractivity contribution < 1.29 is 34.0 Å². The first-order valence-electron chi connectivity index (χ1n) is 16.6. The molecule has 6 atom stereocenters. The molecule has 2 aromatic carbocycles. The van der Waals surface area contributed by atoms with E-state index in [1.54, 1.807) is 13.2 Å². The van der Waals surface area contributed by atoms with E-state index >= 15 is 0 Å². The lowest BCUT2D eigenvalue weighted by Gasteiger charge is -2.29. The molecule has 256 valence electrons. The third kappa shape index (κ3) is 14.2. The molecule has 0 bridgehead atoms. The van der Waals surface area contributed by atoms with Gasteiger partial charge in [-0.15, -0.1) is 0 Å². The Morgan fingerprint density at radius 1 is 0.891 bits per heavy atom. The van der Waals surface area contributed by atoms with Crippen molar-refractivity contribution in [2.45, 2.75) is 118 Å². The summed E-state index contributed by atoms with van der Waals surface area (Å²) in [4.78, 5) is 12.8. The van der Waals surface area contributed by atoms with Gasteiger partial charge in [0.1, 0.15) is 12.4 Å². The highest BCUT2D eigenvalue weighted by Gasteiger charge is 2.31. The molecule has 2 N–H and O–H groups in total. The fourth-order valence-corrected chi connectivity index (χ4v) is 5.48. The van der Waals surface area contributed by atoms with Crippen LogP contribution in [0.25, 0.3) is 0 Å². The lowest BCUT2D eigenvalue weighted by atomic mass is 9.88. The van der Waals surface area contributed by atoms with Gasteiger partial charge < -0.3 is 29.2 Å². The first-order valence-corrected chi connectivity index (χ1v) is 16.6. The van der Waals surface area contributed by atoms with Gasteiger partial charge in [0.25, 0.3) is 0 Å². The molecule has 2 rings (SSSR count). The van der Waals surface area contributed by atoms with Gasteiger partial charge in [-0.3, -0.25) is 4.79 Å². The van der Waals surface area contributed by atoms with Crippen molar-refractivity contribution >= 4 is 5.97 Å². The minimum absolute atomic E-state index is 0.0471. The van der Waals surface area contributed by atoms with Crippen molar-refractivity contribution in [1.82, 2.24) is 0 Å². The number of carbonyl (C=O) groups excluding carboxylic acids is 1. The predicted octanol–water partition coefficient (Wildman–Crippen LogP) is 7.81. The number of esters is 1. The number of aryl methyl sites for hydroxylation is 2. The van der Waals surface area contributed by atoms with Crippen LogP contribution in [0.2, 0.25) is 0 Å². The Bertz CT molecular complexity index is 1210. The first kappa shape index (κ1) is 39.2. The number of allylic oxidation sites excluding steroid dienone is 2. The smallest absolute Gasteiger partial charge is 0.311 e. The molecule has 0 aromatic heterocycles. The third-order valence-corrected chi connectivity index (χ3v) is 8.82. The maximum Gasteiger partial charge on any atom is 0.311 e. The average molecular weight is 639 g/mol. The summed E-state index contributed by atoms with van der Waals surface area (Å²) >= 11 is 0. The lowest BCUT2D eigenvalue weighted by molar-refractivity contribution is -0.155. The second-order valence-electron chi connectivity index (χ2n) is 12.7. The van der Waals surface area contributed by atoms with Gasteiger partial charge in [-0.2, -0.15) is 0 Å². The molecule has 0 fully saturated rings. The Balaban J connectivity index is 1.98. The zero-order valence-corrected chi connectivity index (χ0v) is 29.2. The van der Waals surface area contributed by atoms with Gasteiger partial charge in [-0.1, -0.05) is 61.6 Å². The van der Waals surface area contributed by atoms with Crippen LogP contribution in [0.1, 0.15) is 88.5 Å². The van der Waals surface area contributed by atoms with Crippen molar-refractivity contribution in [3.8, 4) is 5.75 Å². The van der Waals surface area contributed by atoms with Crippen LogP contribution in [0.3, 0.4) is 0 Å². The zero-order chi connectivity index (χ0) is 34.1. The molecule has 0 aliphatic carbocycles.